The Bertz CT molecular complexity index is 967. The highest BCUT2D eigenvalue weighted by atomic mass is 32.2. The Kier molecular flexibility index (Phi) is 4.12. The van der Waals surface area contributed by atoms with Crippen LogP contribution in [0.3, 0.4) is 0 Å². The molecule has 120 valence electrons. The topological polar surface area (TPSA) is 72.7 Å². The van der Waals surface area contributed by atoms with Crippen LogP contribution in [0.15, 0.2) is 39.0 Å². The van der Waals surface area contributed by atoms with Gasteiger partial charge in [0.2, 0.25) is 0 Å². The minimum atomic E-state index is -0.449. The molecular formula is C16H18N4O2S. The van der Waals surface area contributed by atoms with E-state index in [4.69, 9.17) is 0 Å². The van der Waals surface area contributed by atoms with Crippen LogP contribution >= 0.6 is 11.8 Å². The second-order valence-electron chi connectivity index (χ2n) is 5.39. The first-order valence-corrected chi connectivity index (χ1v) is 8.37. The van der Waals surface area contributed by atoms with Gasteiger partial charge in [0.05, 0.1) is 6.54 Å². The normalized spacial score (nSPS) is 11.3. The Morgan fingerprint density at radius 3 is 2.57 bits per heavy atom. The zero-order valence-corrected chi connectivity index (χ0v) is 14.1. The van der Waals surface area contributed by atoms with Crippen LogP contribution in [0, 0.1) is 6.92 Å². The van der Waals surface area contributed by atoms with Crippen molar-refractivity contribution in [3.05, 3.63) is 56.2 Å². The molecule has 0 bridgehead atoms. The van der Waals surface area contributed by atoms with E-state index in [9.17, 15) is 9.59 Å². The fourth-order valence-electron chi connectivity index (χ4n) is 2.48. The van der Waals surface area contributed by atoms with Crippen molar-refractivity contribution in [2.45, 2.75) is 25.5 Å². The van der Waals surface area contributed by atoms with Gasteiger partial charge in [0.1, 0.15) is 0 Å². The molecular weight excluding hydrogens is 312 g/mol. The standard InChI is InChI=1S/C16H18N4O2S/c1-4-23-16-17-13-12(14(21)18-15(22)19(13)3)20(16)9-11-7-5-10(2)6-8-11/h5-8H,4,9H2,1-3H3,(H,18,21,22). The van der Waals surface area contributed by atoms with E-state index in [-0.39, 0.29) is 0 Å². The van der Waals surface area contributed by atoms with E-state index in [1.165, 1.54) is 10.1 Å². The molecule has 0 saturated heterocycles. The second-order valence-corrected chi connectivity index (χ2v) is 6.62. The summed E-state index contributed by atoms with van der Waals surface area (Å²) in [4.78, 5) is 30.9. The fraction of sp³-hybridized carbons (Fsp3) is 0.312. The van der Waals surface area contributed by atoms with Crippen molar-refractivity contribution >= 4 is 22.9 Å². The van der Waals surface area contributed by atoms with Crippen LogP contribution in [-0.4, -0.2) is 24.9 Å². The summed E-state index contributed by atoms with van der Waals surface area (Å²) in [6.45, 7) is 4.61. The summed E-state index contributed by atoms with van der Waals surface area (Å²) in [7, 11) is 1.62. The van der Waals surface area contributed by atoms with Crippen molar-refractivity contribution in [1.82, 2.24) is 19.1 Å². The van der Waals surface area contributed by atoms with Gasteiger partial charge in [-0.1, -0.05) is 48.5 Å². The Balaban J connectivity index is 2.22. The number of hydrogen-bond donors (Lipinski definition) is 1. The Morgan fingerprint density at radius 2 is 1.91 bits per heavy atom. The molecule has 0 spiro atoms. The summed E-state index contributed by atoms with van der Waals surface area (Å²) in [5, 5.41) is 0.745. The third-order valence-electron chi connectivity index (χ3n) is 3.71. The van der Waals surface area contributed by atoms with Crippen LogP contribution in [-0.2, 0) is 13.6 Å². The van der Waals surface area contributed by atoms with Crippen LogP contribution in [0.5, 0.6) is 0 Å². The van der Waals surface area contributed by atoms with Gasteiger partial charge in [0, 0.05) is 7.05 Å². The van der Waals surface area contributed by atoms with E-state index >= 15 is 0 Å². The molecule has 0 fully saturated rings. The van der Waals surface area contributed by atoms with E-state index in [0.29, 0.717) is 17.7 Å². The van der Waals surface area contributed by atoms with Gasteiger partial charge in [-0.3, -0.25) is 14.3 Å². The number of fused-ring (bicyclic) bond motifs is 1. The van der Waals surface area contributed by atoms with E-state index in [1.54, 1.807) is 18.8 Å². The van der Waals surface area contributed by atoms with Gasteiger partial charge in [-0.2, -0.15) is 0 Å². The molecule has 2 heterocycles. The molecule has 23 heavy (non-hydrogen) atoms. The first-order valence-electron chi connectivity index (χ1n) is 7.39. The molecule has 0 radical (unpaired) electrons. The van der Waals surface area contributed by atoms with E-state index in [1.807, 2.05) is 42.7 Å². The molecule has 0 aliphatic rings. The molecule has 2 aromatic heterocycles. The summed E-state index contributed by atoms with van der Waals surface area (Å²) < 4.78 is 3.26. The molecule has 0 unspecified atom stereocenters. The molecule has 0 aliphatic carbocycles. The highest BCUT2D eigenvalue weighted by Crippen LogP contribution is 2.22. The van der Waals surface area contributed by atoms with Crippen LogP contribution < -0.4 is 11.2 Å². The molecule has 0 aliphatic heterocycles. The monoisotopic (exact) mass is 330 g/mol. The lowest BCUT2D eigenvalue weighted by atomic mass is 10.1. The van der Waals surface area contributed by atoms with E-state index in [0.717, 1.165) is 16.5 Å². The fourth-order valence-corrected chi connectivity index (χ4v) is 3.20. The van der Waals surface area contributed by atoms with Gasteiger partial charge in [0.15, 0.2) is 16.3 Å². The van der Waals surface area contributed by atoms with E-state index in [2.05, 4.69) is 9.97 Å². The first kappa shape index (κ1) is 15.6. The zero-order chi connectivity index (χ0) is 16.6. The number of benzene rings is 1. The van der Waals surface area contributed by atoms with Crippen molar-refractivity contribution in [2.24, 2.45) is 7.05 Å². The van der Waals surface area contributed by atoms with Crippen molar-refractivity contribution in [3.8, 4) is 0 Å². The summed E-state index contributed by atoms with van der Waals surface area (Å²) >= 11 is 1.56. The second kappa shape index (κ2) is 6.08. The highest BCUT2D eigenvalue weighted by molar-refractivity contribution is 7.99. The van der Waals surface area contributed by atoms with Gasteiger partial charge < -0.3 is 4.57 Å². The Hall–Kier alpha value is -2.28. The Morgan fingerprint density at radius 1 is 1.22 bits per heavy atom. The van der Waals surface area contributed by atoms with Crippen molar-refractivity contribution in [1.29, 1.82) is 0 Å². The quantitative estimate of drug-likeness (QED) is 0.742. The van der Waals surface area contributed by atoms with Crippen molar-refractivity contribution in [2.75, 3.05) is 5.75 Å². The maximum atomic E-state index is 12.3. The number of nitrogens with one attached hydrogen (secondary N) is 1. The minimum absolute atomic E-state index is 0.398. The van der Waals surface area contributed by atoms with Crippen LogP contribution in [0.25, 0.3) is 11.2 Å². The van der Waals surface area contributed by atoms with Crippen LogP contribution in [0.4, 0.5) is 0 Å². The number of aryl methyl sites for hydroxylation is 2. The third-order valence-corrected chi connectivity index (χ3v) is 4.57. The zero-order valence-electron chi connectivity index (χ0n) is 13.3. The number of nitrogens with zero attached hydrogens (tertiary/aromatic N) is 3. The number of aromatic amines is 1. The molecule has 3 aromatic rings. The predicted octanol–water partition coefficient (Wildman–Crippen LogP) is 1.89. The van der Waals surface area contributed by atoms with Crippen molar-refractivity contribution < 1.29 is 0 Å². The van der Waals surface area contributed by atoms with Gasteiger partial charge in [0.25, 0.3) is 5.56 Å². The average Bonchev–Trinajstić information content (AvgIpc) is 2.87. The molecule has 3 rings (SSSR count). The van der Waals surface area contributed by atoms with Gasteiger partial charge in [-0.25, -0.2) is 9.78 Å². The summed E-state index contributed by atoms with van der Waals surface area (Å²) in [5.41, 5.74) is 2.28. The van der Waals surface area contributed by atoms with Crippen molar-refractivity contribution in [3.63, 3.8) is 0 Å². The van der Waals surface area contributed by atoms with Gasteiger partial charge in [-0.15, -0.1) is 0 Å². The molecule has 1 aromatic carbocycles. The summed E-state index contributed by atoms with van der Waals surface area (Å²) in [5.74, 6) is 0.836. The number of imidazole rings is 1. The lowest BCUT2D eigenvalue weighted by Crippen LogP contribution is -2.29. The smallest absolute Gasteiger partial charge is 0.309 e. The van der Waals surface area contributed by atoms with Gasteiger partial charge in [-0.05, 0) is 18.2 Å². The summed E-state index contributed by atoms with van der Waals surface area (Å²) in [6, 6.07) is 8.16. The number of aromatic nitrogens is 4. The largest absolute Gasteiger partial charge is 0.329 e. The predicted molar refractivity (Wildman–Crippen MR) is 92.3 cm³/mol. The maximum Gasteiger partial charge on any atom is 0.329 e. The number of hydrogen-bond acceptors (Lipinski definition) is 4. The van der Waals surface area contributed by atoms with Crippen LogP contribution in [0.1, 0.15) is 18.1 Å². The first-order chi connectivity index (χ1) is 11.0. The number of thioether (sulfide) groups is 1. The number of H-pyrrole nitrogens is 1. The molecule has 7 heteroatoms. The van der Waals surface area contributed by atoms with E-state index < -0.39 is 11.2 Å². The number of rotatable bonds is 4. The summed E-state index contributed by atoms with van der Waals surface area (Å²) in [6.07, 6.45) is 0. The maximum absolute atomic E-state index is 12.3. The third kappa shape index (κ3) is 2.84. The highest BCUT2D eigenvalue weighted by Gasteiger charge is 2.17. The molecule has 0 atom stereocenters. The molecule has 1 N–H and O–H groups in total. The minimum Gasteiger partial charge on any atom is -0.309 e. The average molecular weight is 330 g/mol. The SMILES string of the molecule is CCSc1nc2c(c(=O)[nH]c(=O)n2C)n1Cc1ccc(C)cc1. The molecule has 6 nitrogen and oxygen atoms in total. The van der Waals surface area contributed by atoms with Gasteiger partial charge >= 0.3 is 5.69 Å². The lowest BCUT2D eigenvalue weighted by Gasteiger charge is -2.08. The Labute approximate surface area is 137 Å². The van der Waals surface area contributed by atoms with Crippen LogP contribution in [0.2, 0.25) is 0 Å². The molecule has 0 saturated carbocycles. The lowest BCUT2D eigenvalue weighted by molar-refractivity contribution is 0.728. The molecule has 0 amide bonds.